The highest BCUT2D eigenvalue weighted by atomic mass is 16.5. The standard InChI is InChI=1S/C23H30N4O4/c1-4-24-23(27-9-7-26(8-10-27)22(28)19-6-5-11-30-19)25-15-18-14-21-17(12-16(2)31-21)13-20(18)29-3/h5-6,11,13-14,16H,4,7-10,12,15H2,1-3H3,(H,24,25). The van der Waals surface area contributed by atoms with Gasteiger partial charge in [-0.25, -0.2) is 4.99 Å². The van der Waals surface area contributed by atoms with Crippen LogP contribution in [-0.4, -0.2) is 67.6 Å². The number of nitrogens with one attached hydrogen (secondary N) is 1. The summed E-state index contributed by atoms with van der Waals surface area (Å²) in [5, 5.41) is 3.37. The first-order valence-electron chi connectivity index (χ1n) is 10.8. The van der Waals surface area contributed by atoms with Gasteiger partial charge in [0.25, 0.3) is 5.91 Å². The lowest BCUT2D eigenvalue weighted by Gasteiger charge is -2.36. The maximum atomic E-state index is 12.5. The minimum atomic E-state index is -0.0660. The van der Waals surface area contributed by atoms with Crippen LogP contribution in [0.4, 0.5) is 0 Å². The number of fused-ring (bicyclic) bond motifs is 1. The van der Waals surface area contributed by atoms with Crippen LogP contribution in [0.1, 0.15) is 35.5 Å². The molecule has 2 aliphatic rings. The van der Waals surface area contributed by atoms with E-state index in [0.717, 1.165) is 36.0 Å². The van der Waals surface area contributed by atoms with Crippen molar-refractivity contribution in [2.75, 3.05) is 39.8 Å². The van der Waals surface area contributed by atoms with Crippen LogP contribution in [0.3, 0.4) is 0 Å². The Hall–Kier alpha value is -3.16. The highest BCUT2D eigenvalue weighted by Gasteiger charge is 2.26. The van der Waals surface area contributed by atoms with Gasteiger partial charge in [0.05, 0.1) is 19.9 Å². The topological polar surface area (TPSA) is 79.5 Å². The minimum Gasteiger partial charge on any atom is -0.496 e. The Morgan fingerprint density at radius 2 is 2.03 bits per heavy atom. The van der Waals surface area contributed by atoms with Crippen LogP contribution in [0.2, 0.25) is 0 Å². The fourth-order valence-electron chi connectivity index (χ4n) is 4.06. The number of carbonyl (C=O) groups excluding carboxylic acids is 1. The fourth-order valence-corrected chi connectivity index (χ4v) is 4.06. The second kappa shape index (κ2) is 9.32. The number of methoxy groups -OCH3 is 1. The Morgan fingerprint density at radius 1 is 1.26 bits per heavy atom. The molecule has 2 aliphatic heterocycles. The molecular weight excluding hydrogens is 396 g/mol. The lowest BCUT2D eigenvalue weighted by Crippen LogP contribution is -2.53. The summed E-state index contributed by atoms with van der Waals surface area (Å²) in [6, 6.07) is 7.55. The van der Waals surface area contributed by atoms with E-state index in [4.69, 9.17) is 18.9 Å². The van der Waals surface area contributed by atoms with E-state index in [-0.39, 0.29) is 12.0 Å². The smallest absolute Gasteiger partial charge is 0.289 e. The quantitative estimate of drug-likeness (QED) is 0.585. The zero-order chi connectivity index (χ0) is 21.8. The molecular formula is C23H30N4O4. The molecule has 1 amide bonds. The van der Waals surface area contributed by atoms with Crippen LogP contribution in [0.25, 0.3) is 0 Å². The molecule has 0 spiro atoms. The summed E-state index contributed by atoms with van der Waals surface area (Å²) < 4.78 is 16.8. The van der Waals surface area contributed by atoms with Crippen molar-refractivity contribution in [2.24, 2.45) is 4.99 Å². The Morgan fingerprint density at radius 3 is 2.71 bits per heavy atom. The van der Waals surface area contributed by atoms with Gasteiger partial charge in [-0.3, -0.25) is 4.79 Å². The monoisotopic (exact) mass is 426 g/mol. The van der Waals surface area contributed by atoms with E-state index in [0.29, 0.717) is 38.5 Å². The molecule has 4 rings (SSSR count). The summed E-state index contributed by atoms with van der Waals surface area (Å²) in [7, 11) is 1.69. The summed E-state index contributed by atoms with van der Waals surface area (Å²) in [5.74, 6) is 2.92. The SMILES string of the molecule is CCNC(=NCc1cc2c(cc1OC)CC(C)O2)N1CCN(C(=O)c2ccco2)CC1. The van der Waals surface area contributed by atoms with Crippen molar-refractivity contribution in [1.29, 1.82) is 0 Å². The van der Waals surface area contributed by atoms with Crippen molar-refractivity contribution in [3.63, 3.8) is 0 Å². The number of carbonyl (C=O) groups is 1. The van der Waals surface area contributed by atoms with Crippen LogP contribution < -0.4 is 14.8 Å². The number of guanidine groups is 1. The summed E-state index contributed by atoms with van der Waals surface area (Å²) in [6.07, 6.45) is 2.62. The number of hydrogen-bond acceptors (Lipinski definition) is 5. The first-order valence-corrected chi connectivity index (χ1v) is 10.8. The van der Waals surface area contributed by atoms with Crippen molar-refractivity contribution >= 4 is 11.9 Å². The molecule has 0 saturated carbocycles. The Kier molecular flexibility index (Phi) is 6.34. The van der Waals surface area contributed by atoms with Gasteiger partial charge in [-0.15, -0.1) is 0 Å². The molecule has 1 saturated heterocycles. The van der Waals surface area contributed by atoms with Crippen molar-refractivity contribution in [2.45, 2.75) is 32.9 Å². The maximum Gasteiger partial charge on any atom is 0.289 e. The van der Waals surface area contributed by atoms with E-state index in [1.807, 2.05) is 11.0 Å². The van der Waals surface area contributed by atoms with Gasteiger partial charge < -0.3 is 29.0 Å². The van der Waals surface area contributed by atoms with Crippen molar-refractivity contribution < 1.29 is 18.7 Å². The minimum absolute atomic E-state index is 0.0660. The summed E-state index contributed by atoms with van der Waals surface area (Å²) >= 11 is 0. The maximum absolute atomic E-state index is 12.5. The molecule has 0 bridgehead atoms. The number of furan rings is 1. The molecule has 1 fully saturated rings. The molecule has 1 aromatic heterocycles. The van der Waals surface area contributed by atoms with Crippen LogP contribution in [0, 0.1) is 0 Å². The van der Waals surface area contributed by atoms with Crippen LogP contribution in [0.15, 0.2) is 39.9 Å². The van der Waals surface area contributed by atoms with E-state index in [9.17, 15) is 4.79 Å². The Labute approximate surface area is 182 Å². The third-order valence-electron chi connectivity index (χ3n) is 5.63. The molecule has 31 heavy (non-hydrogen) atoms. The average Bonchev–Trinajstić information content (AvgIpc) is 3.44. The van der Waals surface area contributed by atoms with Crippen molar-refractivity contribution in [1.82, 2.24) is 15.1 Å². The summed E-state index contributed by atoms with van der Waals surface area (Å²) in [6.45, 7) is 8.05. The number of rotatable bonds is 5. The van der Waals surface area contributed by atoms with Crippen LogP contribution in [-0.2, 0) is 13.0 Å². The number of ether oxygens (including phenoxy) is 2. The number of amides is 1. The first kappa shape index (κ1) is 21.1. The normalized spacial score (nSPS) is 18.5. The second-order valence-electron chi connectivity index (χ2n) is 7.83. The molecule has 1 aromatic carbocycles. The lowest BCUT2D eigenvalue weighted by atomic mass is 10.1. The van der Waals surface area contributed by atoms with Crippen molar-refractivity contribution in [3.8, 4) is 11.5 Å². The van der Waals surface area contributed by atoms with Gasteiger partial charge in [0.2, 0.25) is 0 Å². The van der Waals surface area contributed by atoms with Crippen LogP contribution >= 0.6 is 0 Å². The van der Waals surface area contributed by atoms with E-state index in [2.05, 4.69) is 30.1 Å². The van der Waals surface area contributed by atoms with Gasteiger partial charge in [0, 0.05) is 50.3 Å². The molecule has 2 aromatic rings. The van der Waals surface area contributed by atoms with E-state index in [1.165, 1.54) is 11.8 Å². The summed E-state index contributed by atoms with van der Waals surface area (Å²) in [4.78, 5) is 21.4. The van der Waals surface area contributed by atoms with Gasteiger partial charge in [-0.05, 0) is 38.1 Å². The second-order valence-corrected chi connectivity index (χ2v) is 7.83. The molecule has 166 valence electrons. The van der Waals surface area contributed by atoms with Gasteiger partial charge in [-0.2, -0.15) is 0 Å². The number of nitrogens with zero attached hydrogens (tertiary/aromatic N) is 3. The molecule has 0 radical (unpaired) electrons. The summed E-state index contributed by atoms with van der Waals surface area (Å²) in [5.41, 5.74) is 2.18. The predicted molar refractivity (Wildman–Crippen MR) is 118 cm³/mol. The van der Waals surface area contributed by atoms with Gasteiger partial charge in [0.15, 0.2) is 11.7 Å². The van der Waals surface area contributed by atoms with Gasteiger partial charge in [0.1, 0.15) is 17.6 Å². The zero-order valence-electron chi connectivity index (χ0n) is 18.4. The molecule has 1 atom stereocenters. The molecule has 1 N–H and O–H groups in total. The highest BCUT2D eigenvalue weighted by Crippen LogP contribution is 2.35. The highest BCUT2D eigenvalue weighted by molar-refractivity contribution is 5.91. The van der Waals surface area contributed by atoms with E-state index >= 15 is 0 Å². The Balaban J connectivity index is 1.44. The zero-order valence-corrected chi connectivity index (χ0v) is 18.4. The van der Waals surface area contributed by atoms with E-state index in [1.54, 1.807) is 19.2 Å². The van der Waals surface area contributed by atoms with Crippen molar-refractivity contribution in [3.05, 3.63) is 47.4 Å². The number of hydrogen-bond donors (Lipinski definition) is 1. The molecule has 0 aliphatic carbocycles. The average molecular weight is 427 g/mol. The third-order valence-corrected chi connectivity index (χ3v) is 5.63. The molecule has 8 heteroatoms. The first-order chi connectivity index (χ1) is 15.1. The molecule has 8 nitrogen and oxygen atoms in total. The Bertz CT molecular complexity index is 933. The number of aliphatic imine (C=N–C) groups is 1. The largest absolute Gasteiger partial charge is 0.496 e. The third kappa shape index (κ3) is 4.62. The number of piperazine rings is 1. The predicted octanol–water partition coefficient (Wildman–Crippen LogP) is 2.54. The fraction of sp³-hybridized carbons (Fsp3) is 0.478. The molecule has 1 unspecified atom stereocenters. The molecule has 3 heterocycles. The number of benzene rings is 1. The van der Waals surface area contributed by atoms with Gasteiger partial charge in [-0.1, -0.05) is 0 Å². The van der Waals surface area contributed by atoms with Crippen LogP contribution in [0.5, 0.6) is 11.5 Å². The van der Waals surface area contributed by atoms with E-state index < -0.39 is 0 Å². The lowest BCUT2D eigenvalue weighted by molar-refractivity contribution is 0.0657. The van der Waals surface area contributed by atoms with Gasteiger partial charge >= 0.3 is 0 Å².